The van der Waals surface area contributed by atoms with E-state index in [1.54, 1.807) is 16.6 Å². The van der Waals surface area contributed by atoms with Crippen LogP contribution >= 0.6 is 0 Å². The van der Waals surface area contributed by atoms with Crippen LogP contribution in [0.5, 0.6) is 0 Å². The number of aryl methyl sites for hydroxylation is 2. The minimum atomic E-state index is -0.383. The lowest BCUT2D eigenvalue weighted by atomic mass is 10.1. The van der Waals surface area contributed by atoms with Crippen molar-refractivity contribution in [3.63, 3.8) is 0 Å². The number of carbonyl (C=O) groups is 1. The number of nitrogens with zero attached hydrogens (tertiary/aromatic N) is 7. The van der Waals surface area contributed by atoms with E-state index >= 15 is 0 Å². The molecule has 1 fully saturated rings. The number of carbonyl (C=O) groups excluding carboxylic acids is 1. The number of benzene rings is 1. The van der Waals surface area contributed by atoms with Gasteiger partial charge in [0.2, 0.25) is 5.91 Å². The van der Waals surface area contributed by atoms with Gasteiger partial charge in [0, 0.05) is 56.2 Å². The number of nitro benzene ring substituents is 1. The molecule has 0 spiro atoms. The molecule has 156 valence electrons. The summed E-state index contributed by atoms with van der Waals surface area (Å²) in [4.78, 5) is 36.0. The van der Waals surface area contributed by atoms with E-state index in [0.29, 0.717) is 44.3 Å². The Morgan fingerprint density at radius 2 is 1.90 bits per heavy atom. The molecule has 0 N–H and O–H groups in total. The number of rotatable bonds is 5. The monoisotopic (exact) mass is 409 g/mol. The Labute approximate surface area is 173 Å². The molecule has 10 heteroatoms. The van der Waals surface area contributed by atoms with Crippen molar-refractivity contribution in [2.75, 3.05) is 26.2 Å². The average molecular weight is 409 g/mol. The summed E-state index contributed by atoms with van der Waals surface area (Å²) in [5.74, 6) is 0.979. The number of piperazine rings is 1. The number of nitro groups is 1. The molecule has 1 aromatic carbocycles. The summed E-state index contributed by atoms with van der Waals surface area (Å²) in [6.45, 7) is 7.11. The van der Waals surface area contributed by atoms with Crippen molar-refractivity contribution in [1.82, 2.24) is 29.4 Å². The smallest absolute Gasteiger partial charge is 0.269 e. The first-order valence-corrected chi connectivity index (χ1v) is 9.82. The predicted octanol–water partition coefficient (Wildman–Crippen LogP) is 1.54. The van der Waals surface area contributed by atoms with Gasteiger partial charge in [0.1, 0.15) is 0 Å². The highest BCUT2D eigenvalue weighted by Gasteiger charge is 2.23. The lowest BCUT2D eigenvalue weighted by Gasteiger charge is -2.34. The first-order valence-electron chi connectivity index (χ1n) is 9.82. The SMILES string of the molecule is Cc1cc(C)n2nc(CC(=O)N3CCN(Cc4cccc([N+](=O)[O-])c4)CC3)nc2n1. The summed E-state index contributed by atoms with van der Waals surface area (Å²) in [6.07, 6.45) is 0.146. The van der Waals surface area contributed by atoms with Crippen LogP contribution in [0.1, 0.15) is 22.8 Å². The van der Waals surface area contributed by atoms with Crippen molar-refractivity contribution in [1.29, 1.82) is 0 Å². The summed E-state index contributed by atoms with van der Waals surface area (Å²) in [7, 11) is 0. The predicted molar refractivity (Wildman–Crippen MR) is 109 cm³/mol. The van der Waals surface area contributed by atoms with Gasteiger partial charge in [-0.25, -0.2) is 9.50 Å². The third-order valence-corrected chi connectivity index (χ3v) is 5.22. The van der Waals surface area contributed by atoms with Crippen LogP contribution in [0.15, 0.2) is 30.3 Å². The molecule has 30 heavy (non-hydrogen) atoms. The number of hydrogen-bond acceptors (Lipinski definition) is 7. The summed E-state index contributed by atoms with van der Waals surface area (Å²) in [6, 6.07) is 8.61. The fraction of sp³-hybridized carbons (Fsp3) is 0.400. The maximum atomic E-state index is 12.7. The summed E-state index contributed by atoms with van der Waals surface area (Å²) >= 11 is 0. The molecule has 0 unspecified atom stereocenters. The van der Waals surface area contributed by atoms with Gasteiger partial charge in [-0.1, -0.05) is 12.1 Å². The highest BCUT2D eigenvalue weighted by atomic mass is 16.6. The van der Waals surface area contributed by atoms with Crippen LogP contribution in [0.2, 0.25) is 0 Å². The number of non-ortho nitro benzene ring substituents is 1. The largest absolute Gasteiger partial charge is 0.340 e. The first-order chi connectivity index (χ1) is 14.4. The van der Waals surface area contributed by atoms with Gasteiger partial charge in [0.25, 0.3) is 11.5 Å². The fourth-order valence-electron chi connectivity index (χ4n) is 3.71. The van der Waals surface area contributed by atoms with Gasteiger partial charge in [-0.2, -0.15) is 4.98 Å². The zero-order valence-electron chi connectivity index (χ0n) is 17.0. The molecule has 3 aromatic rings. The zero-order chi connectivity index (χ0) is 21.3. The second kappa shape index (κ2) is 8.15. The minimum Gasteiger partial charge on any atom is -0.340 e. The molecule has 1 aliphatic heterocycles. The molecule has 2 aromatic heterocycles. The molecule has 1 amide bonds. The quantitative estimate of drug-likeness (QED) is 0.464. The van der Waals surface area contributed by atoms with Gasteiger partial charge in [0.05, 0.1) is 11.3 Å². The maximum Gasteiger partial charge on any atom is 0.269 e. The Bertz CT molecular complexity index is 1100. The van der Waals surface area contributed by atoms with Crippen molar-refractivity contribution in [3.8, 4) is 0 Å². The van der Waals surface area contributed by atoms with E-state index in [1.807, 2.05) is 30.9 Å². The topological polar surface area (TPSA) is 110 Å². The highest BCUT2D eigenvalue weighted by Crippen LogP contribution is 2.16. The molecule has 0 aliphatic carbocycles. The number of fused-ring (bicyclic) bond motifs is 1. The van der Waals surface area contributed by atoms with Crippen LogP contribution in [0.3, 0.4) is 0 Å². The molecule has 4 rings (SSSR count). The van der Waals surface area contributed by atoms with Gasteiger partial charge in [-0.05, 0) is 25.5 Å². The van der Waals surface area contributed by atoms with Crippen molar-refractivity contribution in [2.24, 2.45) is 0 Å². The van der Waals surface area contributed by atoms with Crippen LogP contribution < -0.4 is 0 Å². The molecule has 0 saturated carbocycles. The molecule has 1 aliphatic rings. The van der Waals surface area contributed by atoms with Crippen LogP contribution in [-0.4, -0.2) is 66.4 Å². The zero-order valence-corrected chi connectivity index (χ0v) is 17.0. The minimum absolute atomic E-state index is 0.00437. The van der Waals surface area contributed by atoms with E-state index in [2.05, 4.69) is 20.0 Å². The lowest BCUT2D eigenvalue weighted by Crippen LogP contribution is -2.48. The molecular weight excluding hydrogens is 386 g/mol. The van der Waals surface area contributed by atoms with E-state index in [1.165, 1.54) is 6.07 Å². The van der Waals surface area contributed by atoms with Crippen molar-refractivity contribution >= 4 is 17.4 Å². The van der Waals surface area contributed by atoms with Crippen molar-refractivity contribution < 1.29 is 9.72 Å². The molecule has 3 heterocycles. The summed E-state index contributed by atoms with van der Waals surface area (Å²) in [5, 5.41) is 15.3. The maximum absolute atomic E-state index is 12.7. The van der Waals surface area contributed by atoms with E-state index < -0.39 is 0 Å². The number of hydrogen-bond donors (Lipinski definition) is 0. The first kappa shape index (κ1) is 19.9. The number of amides is 1. The van der Waals surface area contributed by atoms with E-state index in [0.717, 1.165) is 17.0 Å². The molecule has 10 nitrogen and oxygen atoms in total. The standard InChI is InChI=1S/C20H23N7O3/c1-14-10-15(2)26-20(21-14)22-18(23-26)12-19(28)25-8-6-24(7-9-25)13-16-4-3-5-17(11-16)27(29)30/h3-5,10-11H,6-9,12-13H2,1-2H3. The van der Waals surface area contributed by atoms with Gasteiger partial charge in [0.15, 0.2) is 5.82 Å². The molecule has 0 atom stereocenters. The fourth-order valence-corrected chi connectivity index (χ4v) is 3.71. The lowest BCUT2D eigenvalue weighted by molar-refractivity contribution is -0.384. The van der Waals surface area contributed by atoms with Crippen molar-refractivity contribution in [3.05, 3.63) is 63.2 Å². The van der Waals surface area contributed by atoms with Gasteiger partial charge >= 0.3 is 0 Å². The normalized spacial score (nSPS) is 14.9. The van der Waals surface area contributed by atoms with Crippen LogP contribution in [-0.2, 0) is 17.8 Å². The molecule has 0 bridgehead atoms. The summed E-state index contributed by atoms with van der Waals surface area (Å²) in [5.41, 5.74) is 2.79. The molecule has 1 saturated heterocycles. The second-order valence-corrected chi connectivity index (χ2v) is 7.54. The van der Waals surface area contributed by atoms with E-state index in [4.69, 9.17) is 0 Å². The van der Waals surface area contributed by atoms with Crippen LogP contribution in [0.4, 0.5) is 5.69 Å². The Hall–Kier alpha value is -3.40. The molecular formula is C20H23N7O3. The van der Waals surface area contributed by atoms with E-state index in [9.17, 15) is 14.9 Å². The van der Waals surface area contributed by atoms with Gasteiger partial charge in [-0.3, -0.25) is 19.8 Å². The third-order valence-electron chi connectivity index (χ3n) is 5.22. The highest BCUT2D eigenvalue weighted by molar-refractivity contribution is 5.78. The van der Waals surface area contributed by atoms with Gasteiger partial charge < -0.3 is 4.90 Å². The molecule has 0 radical (unpaired) electrons. The van der Waals surface area contributed by atoms with Crippen LogP contribution in [0.25, 0.3) is 5.78 Å². The van der Waals surface area contributed by atoms with E-state index in [-0.39, 0.29) is 22.9 Å². The number of aromatic nitrogens is 4. The Morgan fingerprint density at radius 1 is 1.13 bits per heavy atom. The average Bonchev–Trinajstić information content (AvgIpc) is 3.11. The van der Waals surface area contributed by atoms with Crippen LogP contribution in [0, 0.1) is 24.0 Å². The second-order valence-electron chi connectivity index (χ2n) is 7.54. The Balaban J connectivity index is 1.34. The Morgan fingerprint density at radius 3 is 2.63 bits per heavy atom. The summed E-state index contributed by atoms with van der Waals surface area (Å²) < 4.78 is 1.66. The van der Waals surface area contributed by atoms with Gasteiger partial charge in [-0.15, -0.1) is 5.10 Å². The third kappa shape index (κ3) is 4.28. The Kier molecular flexibility index (Phi) is 5.40. The van der Waals surface area contributed by atoms with Crippen molar-refractivity contribution in [2.45, 2.75) is 26.8 Å².